The summed E-state index contributed by atoms with van der Waals surface area (Å²) in [7, 11) is 0. The van der Waals surface area contributed by atoms with Gasteiger partial charge >= 0.3 is 0 Å². The zero-order chi connectivity index (χ0) is 18.9. The molecule has 6 atom stereocenters. The molecule has 0 aromatic carbocycles. The second kappa shape index (κ2) is 5.72. The molecule has 0 heterocycles. The number of ketones is 2. The van der Waals surface area contributed by atoms with Gasteiger partial charge in [-0.1, -0.05) is 31.6 Å². The van der Waals surface area contributed by atoms with Gasteiger partial charge in [0.05, 0.1) is 6.10 Å². The van der Waals surface area contributed by atoms with Crippen molar-refractivity contribution in [3.8, 4) is 0 Å². The van der Waals surface area contributed by atoms with Crippen molar-refractivity contribution in [1.29, 1.82) is 0 Å². The predicted octanol–water partition coefficient (Wildman–Crippen LogP) is 1.68. The molecule has 2 saturated carbocycles. The predicted molar refractivity (Wildman–Crippen MR) is 94.7 cm³/mol. The maximum Gasteiger partial charge on any atom is 0.217 e. The van der Waals surface area contributed by atoms with Gasteiger partial charge < -0.3 is 15.3 Å². The lowest BCUT2D eigenvalue weighted by Gasteiger charge is -2.58. The highest BCUT2D eigenvalue weighted by Gasteiger charge is 2.60. The van der Waals surface area contributed by atoms with Crippen LogP contribution >= 0.6 is 0 Å². The van der Waals surface area contributed by atoms with Crippen molar-refractivity contribution in [1.82, 2.24) is 0 Å². The number of hydrogen-bond donors (Lipinski definition) is 3. The first-order valence-corrected chi connectivity index (χ1v) is 9.42. The van der Waals surface area contributed by atoms with Crippen molar-refractivity contribution in [3.63, 3.8) is 0 Å². The average Bonchev–Trinajstić information content (AvgIpc) is 2.90. The van der Waals surface area contributed by atoms with Gasteiger partial charge in [0, 0.05) is 22.3 Å². The van der Waals surface area contributed by atoms with Gasteiger partial charge in [-0.15, -0.1) is 0 Å². The number of carbonyl (C=O) groups excluding carboxylic acids is 2. The van der Waals surface area contributed by atoms with E-state index in [0.29, 0.717) is 12.0 Å². The van der Waals surface area contributed by atoms with E-state index in [4.69, 9.17) is 0 Å². The number of aliphatic hydroxyl groups excluding tert-OH is 2. The second-order valence-corrected chi connectivity index (χ2v) is 8.80. The zero-order valence-electron chi connectivity index (χ0n) is 15.2. The highest BCUT2D eigenvalue weighted by molar-refractivity contribution is 6.01. The maximum absolute atomic E-state index is 12.3. The standard InChI is InChI=1S/C21H26O5/c1-20-8-7-12(22)9-11(20)3-4-13-14-5-6-15(18(24)19(25)26)21(14,2)10-16(23)17(13)20/h6-9,13-14,16-17,19,23,25-26H,3-5,10H2,1-2H3. The zero-order valence-corrected chi connectivity index (χ0v) is 15.2. The fraction of sp³-hybridized carbons (Fsp3) is 0.619. The van der Waals surface area contributed by atoms with Crippen LogP contribution in [0.5, 0.6) is 0 Å². The van der Waals surface area contributed by atoms with Crippen LogP contribution in [0, 0.1) is 28.6 Å². The average molecular weight is 358 g/mol. The molecule has 4 aliphatic rings. The van der Waals surface area contributed by atoms with Crippen molar-refractivity contribution in [3.05, 3.63) is 35.5 Å². The molecular weight excluding hydrogens is 332 g/mol. The molecule has 0 aromatic rings. The van der Waals surface area contributed by atoms with E-state index in [9.17, 15) is 24.9 Å². The summed E-state index contributed by atoms with van der Waals surface area (Å²) in [4.78, 5) is 24.1. The molecule has 0 amide bonds. The lowest BCUT2D eigenvalue weighted by Crippen LogP contribution is -2.56. The van der Waals surface area contributed by atoms with Crippen LogP contribution in [0.1, 0.15) is 39.5 Å². The van der Waals surface area contributed by atoms with E-state index in [-0.39, 0.29) is 29.0 Å². The van der Waals surface area contributed by atoms with Crippen molar-refractivity contribution >= 4 is 11.6 Å². The van der Waals surface area contributed by atoms with Crippen LogP contribution in [0.2, 0.25) is 0 Å². The van der Waals surface area contributed by atoms with E-state index in [1.165, 1.54) is 0 Å². The van der Waals surface area contributed by atoms with E-state index in [2.05, 4.69) is 6.92 Å². The summed E-state index contributed by atoms with van der Waals surface area (Å²) in [5, 5.41) is 29.8. The Hall–Kier alpha value is -1.56. The fourth-order valence-electron chi connectivity index (χ4n) is 6.42. The van der Waals surface area contributed by atoms with Crippen LogP contribution in [0.25, 0.3) is 0 Å². The van der Waals surface area contributed by atoms with Gasteiger partial charge in [-0.05, 0) is 49.7 Å². The highest BCUT2D eigenvalue weighted by Crippen LogP contribution is 2.64. The van der Waals surface area contributed by atoms with E-state index in [1.54, 1.807) is 12.2 Å². The molecule has 26 heavy (non-hydrogen) atoms. The summed E-state index contributed by atoms with van der Waals surface area (Å²) in [6.45, 7) is 4.08. The normalized spacial score (nSPS) is 44.2. The molecule has 2 fully saturated rings. The van der Waals surface area contributed by atoms with Crippen LogP contribution in [0.3, 0.4) is 0 Å². The van der Waals surface area contributed by atoms with Gasteiger partial charge in [0.2, 0.25) is 12.1 Å². The third-order valence-electron chi connectivity index (χ3n) is 7.58. The lowest BCUT2D eigenvalue weighted by molar-refractivity contribution is -0.145. The third-order valence-corrected chi connectivity index (χ3v) is 7.58. The minimum atomic E-state index is -2.00. The summed E-state index contributed by atoms with van der Waals surface area (Å²) in [6.07, 6.45) is 7.35. The number of fused-ring (bicyclic) bond motifs is 5. The third kappa shape index (κ3) is 2.27. The Kier molecular flexibility index (Phi) is 3.92. The number of rotatable bonds is 2. The summed E-state index contributed by atoms with van der Waals surface area (Å²) >= 11 is 0. The van der Waals surface area contributed by atoms with Crippen molar-refractivity contribution in [2.75, 3.05) is 0 Å². The second-order valence-electron chi connectivity index (χ2n) is 8.80. The van der Waals surface area contributed by atoms with Gasteiger partial charge in [0.1, 0.15) is 0 Å². The molecule has 5 heteroatoms. The van der Waals surface area contributed by atoms with Crippen molar-refractivity contribution < 1.29 is 24.9 Å². The topological polar surface area (TPSA) is 94.8 Å². The molecule has 140 valence electrons. The largest absolute Gasteiger partial charge is 0.393 e. The number of carbonyl (C=O) groups is 2. The monoisotopic (exact) mass is 358 g/mol. The molecular formula is C21H26O5. The smallest absolute Gasteiger partial charge is 0.217 e. The molecule has 0 aromatic heterocycles. The summed E-state index contributed by atoms with van der Waals surface area (Å²) < 4.78 is 0. The number of hydrogen-bond acceptors (Lipinski definition) is 5. The number of Topliss-reactive ketones (excluding diaryl/α,β-unsaturated/α-hetero) is 1. The Bertz CT molecular complexity index is 760. The SMILES string of the molecule is CC12C=CC(=O)C=C1CCC1C2C(O)CC2(C)C(C(=O)C(O)O)=CCC12. The molecule has 3 N–H and O–H groups in total. The molecule has 5 nitrogen and oxygen atoms in total. The lowest BCUT2D eigenvalue weighted by atomic mass is 9.47. The first kappa shape index (κ1) is 17.8. The number of aliphatic hydroxyl groups is 3. The highest BCUT2D eigenvalue weighted by atomic mass is 16.5. The van der Waals surface area contributed by atoms with Gasteiger partial charge in [-0.3, -0.25) is 9.59 Å². The summed E-state index contributed by atoms with van der Waals surface area (Å²) in [5.41, 5.74) is 0.686. The van der Waals surface area contributed by atoms with Gasteiger partial charge in [-0.2, -0.15) is 0 Å². The Labute approximate surface area is 153 Å². The fourth-order valence-corrected chi connectivity index (χ4v) is 6.42. The van der Waals surface area contributed by atoms with E-state index in [0.717, 1.165) is 24.8 Å². The van der Waals surface area contributed by atoms with E-state index >= 15 is 0 Å². The molecule has 0 saturated heterocycles. The van der Waals surface area contributed by atoms with Crippen LogP contribution in [-0.4, -0.2) is 39.3 Å². The first-order chi connectivity index (χ1) is 12.2. The van der Waals surface area contributed by atoms with Crippen molar-refractivity contribution in [2.45, 2.75) is 51.9 Å². The van der Waals surface area contributed by atoms with Gasteiger partial charge in [-0.25, -0.2) is 0 Å². The molecule has 6 unspecified atom stereocenters. The van der Waals surface area contributed by atoms with Crippen LogP contribution < -0.4 is 0 Å². The Morgan fingerprint density at radius 2 is 2.04 bits per heavy atom. The summed E-state index contributed by atoms with van der Waals surface area (Å²) in [5.74, 6) is -0.212. The Morgan fingerprint density at radius 1 is 1.31 bits per heavy atom. The molecule has 4 aliphatic carbocycles. The Morgan fingerprint density at radius 3 is 2.73 bits per heavy atom. The van der Waals surface area contributed by atoms with E-state index < -0.39 is 23.6 Å². The van der Waals surface area contributed by atoms with Gasteiger partial charge in [0.15, 0.2) is 5.78 Å². The first-order valence-electron chi connectivity index (χ1n) is 9.42. The Balaban J connectivity index is 1.71. The summed E-state index contributed by atoms with van der Waals surface area (Å²) in [6, 6.07) is 0. The molecule has 0 radical (unpaired) electrons. The maximum atomic E-state index is 12.3. The van der Waals surface area contributed by atoms with Crippen LogP contribution in [0.4, 0.5) is 0 Å². The van der Waals surface area contributed by atoms with Crippen LogP contribution in [0.15, 0.2) is 35.5 Å². The number of allylic oxidation sites excluding steroid dienone is 5. The van der Waals surface area contributed by atoms with E-state index in [1.807, 2.05) is 19.1 Å². The van der Waals surface area contributed by atoms with Crippen molar-refractivity contribution in [2.24, 2.45) is 28.6 Å². The molecule has 0 aliphatic heterocycles. The molecule has 4 rings (SSSR count). The quantitative estimate of drug-likeness (QED) is 0.653. The molecule has 0 bridgehead atoms. The minimum absolute atomic E-state index is 0.00632. The van der Waals surface area contributed by atoms with Gasteiger partial charge in [0.25, 0.3) is 0 Å². The molecule has 0 spiro atoms. The van der Waals surface area contributed by atoms with Crippen LogP contribution in [-0.2, 0) is 9.59 Å². The minimum Gasteiger partial charge on any atom is -0.393 e.